The lowest BCUT2D eigenvalue weighted by Crippen LogP contribution is -2.46. The van der Waals surface area contributed by atoms with E-state index in [1.165, 1.54) is 0 Å². The Morgan fingerprint density at radius 3 is 2.47 bits per heavy atom. The van der Waals surface area contributed by atoms with Crippen LogP contribution in [0.3, 0.4) is 0 Å². The first-order chi connectivity index (χ1) is 7.96. The predicted molar refractivity (Wildman–Crippen MR) is 70.8 cm³/mol. The van der Waals surface area contributed by atoms with E-state index >= 15 is 0 Å². The van der Waals surface area contributed by atoms with Crippen LogP contribution in [-0.2, 0) is 4.79 Å². The quantitative estimate of drug-likeness (QED) is 0.819. The van der Waals surface area contributed by atoms with Gasteiger partial charge in [0, 0.05) is 5.54 Å². The van der Waals surface area contributed by atoms with Crippen molar-refractivity contribution in [1.82, 2.24) is 5.32 Å². The molecule has 1 rings (SSSR count). The third-order valence-electron chi connectivity index (χ3n) is 2.92. The Kier molecular flexibility index (Phi) is 4.70. The molecule has 0 fully saturated rings. The maximum Gasteiger partial charge on any atom is 0.227 e. The first kappa shape index (κ1) is 13.7. The summed E-state index contributed by atoms with van der Waals surface area (Å²) in [6.45, 7) is 6.49. The van der Waals surface area contributed by atoms with Crippen LogP contribution >= 0.6 is 0 Å². The number of carbonyl (C=O) groups is 1. The Bertz CT molecular complexity index is 360. The lowest BCUT2D eigenvalue weighted by molar-refractivity contribution is -0.123. The molecule has 0 aliphatic carbocycles. The summed E-state index contributed by atoms with van der Waals surface area (Å²) in [7, 11) is 0. The highest BCUT2D eigenvalue weighted by Crippen LogP contribution is 2.17. The molecule has 0 spiro atoms. The fraction of sp³-hybridized carbons (Fsp3) is 0.500. The zero-order valence-electron chi connectivity index (χ0n) is 10.9. The second-order valence-corrected chi connectivity index (χ2v) is 5.04. The van der Waals surface area contributed by atoms with Gasteiger partial charge in [-0.25, -0.2) is 0 Å². The van der Waals surface area contributed by atoms with Gasteiger partial charge in [-0.3, -0.25) is 4.79 Å². The SMILES string of the molecule is CC(C(=O)NC(C)(C)CCN)c1ccccc1. The van der Waals surface area contributed by atoms with Gasteiger partial charge in [0.05, 0.1) is 5.92 Å². The second kappa shape index (κ2) is 5.82. The molecular formula is C14H22N2O. The van der Waals surface area contributed by atoms with E-state index in [0.29, 0.717) is 6.54 Å². The van der Waals surface area contributed by atoms with E-state index in [0.717, 1.165) is 12.0 Å². The number of amides is 1. The van der Waals surface area contributed by atoms with Crippen molar-refractivity contribution in [2.45, 2.75) is 38.6 Å². The molecule has 1 unspecified atom stereocenters. The maximum atomic E-state index is 12.1. The molecule has 17 heavy (non-hydrogen) atoms. The zero-order valence-corrected chi connectivity index (χ0v) is 10.9. The minimum absolute atomic E-state index is 0.0506. The van der Waals surface area contributed by atoms with Crippen molar-refractivity contribution in [3.8, 4) is 0 Å². The lowest BCUT2D eigenvalue weighted by atomic mass is 9.96. The summed E-state index contributed by atoms with van der Waals surface area (Å²) < 4.78 is 0. The fourth-order valence-corrected chi connectivity index (χ4v) is 1.76. The predicted octanol–water partition coefficient (Wildman–Crippen LogP) is 2.03. The molecule has 0 aliphatic heterocycles. The summed E-state index contributed by atoms with van der Waals surface area (Å²) in [4.78, 5) is 12.1. The smallest absolute Gasteiger partial charge is 0.227 e. The molecule has 3 heteroatoms. The van der Waals surface area contributed by atoms with Crippen LogP contribution in [-0.4, -0.2) is 18.0 Å². The molecule has 1 atom stereocenters. The number of hydrogen-bond acceptors (Lipinski definition) is 2. The van der Waals surface area contributed by atoms with E-state index in [1.54, 1.807) is 0 Å². The molecule has 94 valence electrons. The topological polar surface area (TPSA) is 55.1 Å². The van der Waals surface area contributed by atoms with Gasteiger partial charge < -0.3 is 11.1 Å². The monoisotopic (exact) mass is 234 g/mol. The molecule has 1 aromatic carbocycles. The summed E-state index contributed by atoms with van der Waals surface area (Å²) in [6, 6.07) is 9.79. The highest BCUT2D eigenvalue weighted by atomic mass is 16.2. The van der Waals surface area contributed by atoms with Crippen LogP contribution in [0.2, 0.25) is 0 Å². The minimum atomic E-state index is -0.241. The molecule has 0 saturated carbocycles. The summed E-state index contributed by atoms with van der Waals surface area (Å²) in [5, 5.41) is 3.04. The third kappa shape index (κ3) is 4.19. The summed E-state index contributed by atoms with van der Waals surface area (Å²) >= 11 is 0. The van der Waals surface area contributed by atoms with E-state index in [2.05, 4.69) is 5.32 Å². The van der Waals surface area contributed by atoms with Crippen molar-refractivity contribution in [3.05, 3.63) is 35.9 Å². The summed E-state index contributed by atoms with van der Waals surface area (Å²) in [6.07, 6.45) is 0.778. The summed E-state index contributed by atoms with van der Waals surface area (Å²) in [5.41, 5.74) is 6.32. The summed E-state index contributed by atoms with van der Waals surface area (Å²) in [5.74, 6) is -0.0806. The Morgan fingerprint density at radius 1 is 1.35 bits per heavy atom. The Hall–Kier alpha value is -1.35. The largest absolute Gasteiger partial charge is 0.351 e. The van der Waals surface area contributed by atoms with Crippen molar-refractivity contribution in [1.29, 1.82) is 0 Å². The third-order valence-corrected chi connectivity index (χ3v) is 2.92. The molecule has 3 N–H and O–H groups in total. The van der Waals surface area contributed by atoms with E-state index in [9.17, 15) is 4.79 Å². The van der Waals surface area contributed by atoms with Gasteiger partial charge in [0.1, 0.15) is 0 Å². The lowest BCUT2D eigenvalue weighted by Gasteiger charge is -2.27. The Labute approximate surface area is 103 Å². The maximum absolute atomic E-state index is 12.1. The molecule has 0 radical (unpaired) electrons. The van der Waals surface area contributed by atoms with Crippen LogP contribution in [0, 0.1) is 0 Å². The fourth-order valence-electron chi connectivity index (χ4n) is 1.76. The van der Waals surface area contributed by atoms with E-state index in [4.69, 9.17) is 5.73 Å². The highest BCUT2D eigenvalue weighted by Gasteiger charge is 2.23. The van der Waals surface area contributed by atoms with Gasteiger partial charge in [0.2, 0.25) is 5.91 Å². The molecule has 3 nitrogen and oxygen atoms in total. The number of benzene rings is 1. The number of nitrogens with one attached hydrogen (secondary N) is 1. The van der Waals surface area contributed by atoms with Crippen LogP contribution in [0.15, 0.2) is 30.3 Å². The molecule has 0 heterocycles. The van der Waals surface area contributed by atoms with Gasteiger partial charge in [-0.15, -0.1) is 0 Å². The van der Waals surface area contributed by atoms with Crippen molar-refractivity contribution in [2.75, 3.05) is 6.54 Å². The van der Waals surface area contributed by atoms with Crippen molar-refractivity contribution in [2.24, 2.45) is 5.73 Å². The number of nitrogens with two attached hydrogens (primary N) is 1. The van der Waals surface area contributed by atoms with Gasteiger partial charge in [0.25, 0.3) is 0 Å². The standard InChI is InChI=1S/C14H22N2O/c1-11(12-7-5-4-6-8-12)13(17)16-14(2,3)9-10-15/h4-8,11H,9-10,15H2,1-3H3,(H,16,17). The molecule has 0 aliphatic rings. The first-order valence-electron chi connectivity index (χ1n) is 6.03. The van der Waals surface area contributed by atoms with Gasteiger partial charge >= 0.3 is 0 Å². The van der Waals surface area contributed by atoms with E-state index in [1.807, 2.05) is 51.1 Å². The van der Waals surface area contributed by atoms with Gasteiger partial charge in [0.15, 0.2) is 0 Å². The van der Waals surface area contributed by atoms with Gasteiger partial charge in [-0.05, 0) is 39.3 Å². The highest BCUT2D eigenvalue weighted by molar-refractivity contribution is 5.83. The number of carbonyl (C=O) groups excluding carboxylic acids is 1. The van der Waals surface area contributed by atoms with Crippen molar-refractivity contribution < 1.29 is 4.79 Å². The normalized spacial score (nSPS) is 13.2. The molecular weight excluding hydrogens is 212 g/mol. The van der Waals surface area contributed by atoms with Crippen LogP contribution in [0.5, 0.6) is 0 Å². The number of hydrogen-bond donors (Lipinski definition) is 2. The molecule has 0 bridgehead atoms. The minimum Gasteiger partial charge on any atom is -0.351 e. The van der Waals surface area contributed by atoms with E-state index in [-0.39, 0.29) is 17.4 Å². The second-order valence-electron chi connectivity index (χ2n) is 5.04. The first-order valence-corrected chi connectivity index (χ1v) is 6.03. The Morgan fingerprint density at radius 2 is 1.94 bits per heavy atom. The van der Waals surface area contributed by atoms with Crippen LogP contribution in [0.4, 0.5) is 0 Å². The molecule has 1 amide bonds. The number of rotatable bonds is 5. The zero-order chi connectivity index (χ0) is 12.9. The molecule has 0 aromatic heterocycles. The van der Waals surface area contributed by atoms with Crippen molar-refractivity contribution >= 4 is 5.91 Å². The Balaban J connectivity index is 2.65. The van der Waals surface area contributed by atoms with Gasteiger partial charge in [-0.2, -0.15) is 0 Å². The van der Waals surface area contributed by atoms with E-state index < -0.39 is 0 Å². The van der Waals surface area contributed by atoms with Crippen LogP contribution < -0.4 is 11.1 Å². The van der Waals surface area contributed by atoms with Gasteiger partial charge in [-0.1, -0.05) is 30.3 Å². The van der Waals surface area contributed by atoms with Crippen LogP contribution in [0.1, 0.15) is 38.7 Å². The average Bonchev–Trinajstić information content (AvgIpc) is 2.28. The average molecular weight is 234 g/mol. The molecule has 1 aromatic rings. The molecule has 0 saturated heterocycles. The van der Waals surface area contributed by atoms with Crippen molar-refractivity contribution in [3.63, 3.8) is 0 Å². The van der Waals surface area contributed by atoms with Crippen LogP contribution in [0.25, 0.3) is 0 Å².